The van der Waals surface area contributed by atoms with E-state index >= 15 is 0 Å². The van der Waals surface area contributed by atoms with E-state index in [1.54, 1.807) is 0 Å². The summed E-state index contributed by atoms with van der Waals surface area (Å²) in [6, 6.07) is 8.44. The highest BCUT2D eigenvalue weighted by Gasteiger charge is 2.80. The van der Waals surface area contributed by atoms with Gasteiger partial charge in [-0.05, 0) is 31.0 Å². The first-order valence-electron chi connectivity index (χ1n) is 9.55. The Hall–Kier alpha value is -3.02. The monoisotopic (exact) mass is 396 g/mol. The number of rotatable bonds is 1. The summed E-state index contributed by atoms with van der Waals surface area (Å²) in [6.07, 6.45) is 2.41. The van der Waals surface area contributed by atoms with Crippen LogP contribution in [0.1, 0.15) is 50.2 Å². The zero-order valence-electron chi connectivity index (χ0n) is 15.5. The van der Waals surface area contributed by atoms with Crippen LogP contribution in [-0.4, -0.2) is 11.7 Å². The minimum atomic E-state index is -2.27. The van der Waals surface area contributed by atoms with Gasteiger partial charge in [-0.1, -0.05) is 19.3 Å². The van der Waals surface area contributed by atoms with Crippen LogP contribution >= 0.6 is 0 Å². The predicted octanol–water partition coefficient (Wildman–Crippen LogP) is 4.25. The Labute approximate surface area is 166 Å². The van der Waals surface area contributed by atoms with E-state index in [1.807, 2.05) is 18.2 Å². The lowest BCUT2D eigenvalue weighted by atomic mass is 9.52. The second-order valence-corrected chi connectivity index (χ2v) is 7.86. The molecule has 0 radical (unpaired) electrons. The van der Waals surface area contributed by atoms with Gasteiger partial charge in [-0.2, -0.15) is 15.8 Å². The van der Waals surface area contributed by atoms with E-state index < -0.39 is 46.2 Å². The molecule has 2 saturated heterocycles. The predicted molar refractivity (Wildman–Crippen MR) is 94.6 cm³/mol. The highest BCUT2D eigenvalue weighted by atomic mass is 19.1. The summed E-state index contributed by atoms with van der Waals surface area (Å²) in [5.41, 5.74) is -4.53. The van der Waals surface area contributed by atoms with E-state index in [0.717, 1.165) is 37.5 Å². The molecule has 4 atom stereocenters. The van der Waals surface area contributed by atoms with Crippen LogP contribution in [0.25, 0.3) is 0 Å². The highest BCUT2D eigenvalue weighted by molar-refractivity contribution is 5.89. The molecular weight excluding hydrogens is 378 g/mol. The van der Waals surface area contributed by atoms with E-state index in [1.165, 1.54) is 0 Å². The van der Waals surface area contributed by atoms with E-state index in [9.17, 15) is 24.6 Å². The van der Waals surface area contributed by atoms with Crippen molar-refractivity contribution in [2.45, 2.75) is 50.4 Å². The average molecular weight is 396 g/mol. The van der Waals surface area contributed by atoms with Crippen LogP contribution in [0.3, 0.4) is 0 Å². The fourth-order valence-corrected chi connectivity index (χ4v) is 5.21. The molecule has 3 fully saturated rings. The fourth-order valence-electron chi connectivity index (χ4n) is 5.21. The van der Waals surface area contributed by atoms with Gasteiger partial charge in [-0.3, -0.25) is 5.41 Å². The average Bonchev–Trinajstić information content (AvgIpc) is 2.87. The fraction of sp³-hybridized carbons (Fsp3) is 0.524. The molecule has 0 amide bonds. The van der Waals surface area contributed by atoms with Gasteiger partial charge in [-0.25, -0.2) is 8.78 Å². The quantitative estimate of drug-likeness (QED) is 0.762. The molecule has 4 unspecified atom stereocenters. The van der Waals surface area contributed by atoms with Crippen molar-refractivity contribution in [2.24, 2.45) is 16.7 Å². The first kappa shape index (κ1) is 19.3. The summed E-state index contributed by atoms with van der Waals surface area (Å²) < 4.78 is 40.6. The van der Waals surface area contributed by atoms with E-state index in [0.29, 0.717) is 19.3 Å². The van der Waals surface area contributed by atoms with Crippen LogP contribution in [0, 0.1) is 67.8 Å². The summed E-state index contributed by atoms with van der Waals surface area (Å²) in [5.74, 6) is -4.27. The molecule has 1 aromatic carbocycles. The van der Waals surface area contributed by atoms with Gasteiger partial charge in [0, 0.05) is 12.0 Å². The zero-order valence-corrected chi connectivity index (χ0v) is 15.5. The zero-order chi connectivity index (χ0) is 20.9. The number of nitrogens with zero attached hydrogens (tertiary/aromatic N) is 3. The van der Waals surface area contributed by atoms with Gasteiger partial charge in [0.05, 0.1) is 24.1 Å². The minimum Gasteiger partial charge on any atom is -0.447 e. The maximum atomic E-state index is 14.7. The first-order valence-corrected chi connectivity index (χ1v) is 9.55. The molecule has 2 bridgehead atoms. The Kier molecular flexibility index (Phi) is 4.33. The standard InChI is InChI=1S/C21H18F2N4O2/c22-13-6-7-15(23)14(9-13)17-19(10-24,11-25)20(12-26)16-5-3-1-2-4-8-21(16,28-17)29-18(20)27/h6-7,9,16-17,27H,1-5,8H2. The molecule has 0 aromatic heterocycles. The molecule has 1 aliphatic carbocycles. The Morgan fingerprint density at radius 1 is 1.03 bits per heavy atom. The summed E-state index contributed by atoms with van der Waals surface area (Å²) in [6.45, 7) is 0. The number of nitrogens with one attached hydrogen (secondary N) is 1. The van der Waals surface area contributed by atoms with Crippen molar-refractivity contribution in [3.05, 3.63) is 35.4 Å². The Bertz CT molecular complexity index is 993. The van der Waals surface area contributed by atoms with Crippen LogP contribution in [0.5, 0.6) is 0 Å². The summed E-state index contributed by atoms with van der Waals surface area (Å²) in [5, 5.41) is 38.9. The molecule has 148 valence electrons. The van der Waals surface area contributed by atoms with E-state index in [4.69, 9.17) is 14.9 Å². The number of halogens is 2. The van der Waals surface area contributed by atoms with E-state index in [2.05, 4.69) is 0 Å². The van der Waals surface area contributed by atoms with Crippen molar-refractivity contribution < 1.29 is 18.3 Å². The van der Waals surface area contributed by atoms with Gasteiger partial charge in [0.2, 0.25) is 17.1 Å². The van der Waals surface area contributed by atoms with Crippen LogP contribution in [0.15, 0.2) is 18.2 Å². The Morgan fingerprint density at radius 3 is 2.45 bits per heavy atom. The smallest absolute Gasteiger partial charge is 0.217 e. The van der Waals surface area contributed by atoms with Crippen LogP contribution in [0.4, 0.5) is 8.78 Å². The first-order chi connectivity index (χ1) is 13.9. The van der Waals surface area contributed by atoms with Crippen molar-refractivity contribution >= 4 is 5.90 Å². The molecule has 4 rings (SSSR count). The Morgan fingerprint density at radius 2 is 1.76 bits per heavy atom. The number of hydrogen-bond donors (Lipinski definition) is 1. The van der Waals surface area contributed by atoms with Crippen LogP contribution in [0.2, 0.25) is 0 Å². The van der Waals surface area contributed by atoms with Crippen LogP contribution < -0.4 is 0 Å². The number of ether oxygens (including phenoxy) is 2. The molecule has 8 heteroatoms. The molecular formula is C21H18F2N4O2. The molecule has 3 aliphatic rings. The van der Waals surface area contributed by atoms with Gasteiger partial charge in [-0.15, -0.1) is 0 Å². The number of hydrogen-bond acceptors (Lipinski definition) is 6. The molecule has 2 aliphatic heterocycles. The third-order valence-corrected chi connectivity index (χ3v) is 6.56. The van der Waals surface area contributed by atoms with Gasteiger partial charge in [0.15, 0.2) is 5.41 Å². The third kappa shape index (κ3) is 2.29. The van der Waals surface area contributed by atoms with Gasteiger partial charge < -0.3 is 9.47 Å². The van der Waals surface area contributed by atoms with Crippen molar-refractivity contribution in [1.82, 2.24) is 0 Å². The summed E-state index contributed by atoms with van der Waals surface area (Å²) >= 11 is 0. The normalized spacial score (nSPS) is 35.1. The summed E-state index contributed by atoms with van der Waals surface area (Å²) in [7, 11) is 0. The van der Waals surface area contributed by atoms with Crippen LogP contribution in [-0.2, 0) is 9.47 Å². The maximum Gasteiger partial charge on any atom is 0.217 e. The van der Waals surface area contributed by atoms with Crippen molar-refractivity contribution in [3.63, 3.8) is 0 Å². The minimum absolute atomic E-state index is 0.328. The lowest BCUT2D eigenvalue weighted by Gasteiger charge is -2.50. The van der Waals surface area contributed by atoms with Crippen molar-refractivity contribution in [2.75, 3.05) is 0 Å². The molecule has 1 aromatic rings. The third-order valence-electron chi connectivity index (χ3n) is 6.56. The van der Waals surface area contributed by atoms with E-state index in [-0.39, 0.29) is 5.56 Å². The number of benzene rings is 1. The molecule has 1 saturated carbocycles. The van der Waals surface area contributed by atoms with Gasteiger partial charge >= 0.3 is 0 Å². The molecule has 6 nitrogen and oxygen atoms in total. The van der Waals surface area contributed by atoms with Gasteiger partial charge in [0.1, 0.15) is 17.7 Å². The van der Waals surface area contributed by atoms with Gasteiger partial charge in [0.25, 0.3) is 0 Å². The molecule has 1 N–H and O–H groups in total. The SMILES string of the molecule is N#CC1(C#N)C(c2cc(F)ccc2F)OC23CCCCCCC2C1(C#N)C(=N)O3. The van der Waals surface area contributed by atoms with Crippen molar-refractivity contribution in [3.8, 4) is 18.2 Å². The second-order valence-electron chi connectivity index (χ2n) is 7.86. The number of nitriles is 3. The largest absolute Gasteiger partial charge is 0.447 e. The molecule has 0 spiro atoms. The second kappa shape index (κ2) is 6.51. The Balaban J connectivity index is 2.02. The lowest BCUT2D eigenvalue weighted by molar-refractivity contribution is -0.289. The summed E-state index contributed by atoms with van der Waals surface area (Å²) in [4.78, 5) is 0. The highest BCUT2D eigenvalue weighted by Crippen LogP contribution is 2.68. The lowest BCUT2D eigenvalue weighted by Crippen LogP contribution is -2.59. The maximum absolute atomic E-state index is 14.7. The topological polar surface area (TPSA) is 114 Å². The van der Waals surface area contributed by atoms with Crippen molar-refractivity contribution in [1.29, 1.82) is 21.2 Å². The molecule has 2 heterocycles. The molecule has 29 heavy (non-hydrogen) atoms.